The predicted molar refractivity (Wildman–Crippen MR) is 61.1 cm³/mol. The van der Waals surface area contributed by atoms with Crippen LogP contribution in [0.4, 0.5) is 13.2 Å². The maximum absolute atomic E-state index is 12.1. The van der Waals surface area contributed by atoms with Gasteiger partial charge in [0.2, 0.25) is 0 Å². The van der Waals surface area contributed by atoms with Gasteiger partial charge in [0, 0.05) is 18.0 Å². The highest BCUT2D eigenvalue weighted by Crippen LogP contribution is 2.26. The minimum atomic E-state index is -4.79. The van der Waals surface area contributed by atoms with E-state index in [1.165, 1.54) is 12.1 Å². The Morgan fingerprint density at radius 2 is 1.85 bits per heavy atom. The van der Waals surface area contributed by atoms with Crippen molar-refractivity contribution in [3.63, 3.8) is 0 Å². The molecule has 0 fully saturated rings. The largest absolute Gasteiger partial charge is 0.573 e. The van der Waals surface area contributed by atoms with Gasteiger partial charge in [-0.2, -0.15) is 0 Å². The van der Waals surface area contributed by atoms with Crippen molar-refractivity contribution in [3.8, 4) is 17.1 Å². The SMILES string of the molecule is O=C(O)c1cnc(-c2cccc(OC(F)(F)F)c2)nc1. The molecule has 5 nitrogen and oxygen atoms in total. The summed E-state index contributed by atoms with van der Waals surface area (Å²) < 4.78 is 40.1. The number of aromatic nitrogens is 2. The van der Waals surface area contributed by atoms with Crippen molar-refractivity contribution in [2.24, 2.45) is 0 Å². The molecule has 0 unspecified atom stereocenters. The van der Waals surface area contributed by atoms with E-state index in [-0.39, 0.29) is 17.0 Å². The van der Waals surface area contributed by atoms with Crippen LogP contribution in [0.3, 0.4) is 0 Å². The van der Waals surface area contributed by atoms with E-state index in [0.29, 0.717) is 0 Å². The van der Waals surface area contributed by atoms with Crippen LogP contribution in [0.5, 0.6) is 5.75 Å². The summed E-state index contributed by atoms with van der Waals surface area (Å²) in [6, 6.07) is 5.09. The maximum Gasteiger partial charge on any atom is 0.573 e. The summed E-state index contributed by atoms with van der Waals surface area (Å²) in [6.07, 6.45) is -2.64. The highest BCUT2D eigenvalue weighted by atomic mass is 19.4. The second-order valence-electron chi connectivity index (χ2n) is 3.68. The molecule has 1 heterocycles. The summed E-state index contributed by atoms with van der Waals surface area (Å²) in [5, 5.41) is 8.69. The fourth-order valence-electron chi connectivity index (χ4n) is 1.42. The summed E-state index contributed by atoms with van der Waals surface area (Å²) >= 11 is 0. The average Bonchev–Trinajstić information content (AvgIpc) is 2.37. The van der Waals surface area contributed by atoms with Crippen LogP contribution < -0.4 is 4.74 Å². The third kappa shape index (κ3) is 3.44. The lowest BCUT2D eigenvalue weighted by Crippen LogP contribution is -2.17. The average molecular weight is 284 g/mol. The van der Waals surface area contributed by atoms with Gasteiger partial charge in [-0.3, -0.25) is 0 Å². The Kier molecular flexibility index (Phi) is 3.55. The number of rotatable bonds is 3. The third-order valence-electron chi connectivity index (χ3n) is 2.22. The Labute approximate surface area is 110 Å². The molecule has 1 aromatic heterocycles. The smallest absolute Gasteiger partial charge is 0.478 e. The maximum atomic E-state index is 12.1. The van der Waals surface area contributed by atoms with E-state index in [0.717, 1.165) is 24.5 Å². The summed E-state index contributed by atoms with van der Waals surface area (Å²) in [4.78, 5) is 18.2. The standard InChI is InChI=1S/C12H7F3N2O3/c13-12(14,15)20-9-3-1-2-7(4-9)10-16-5-8(6-17-10)11(18)19/h1-6H,(H,18,19). The number of ether oxygens (including phenoxy) is 1. The number of nitrogens with zero attached hydrogens (tertiary/aromatic N) is 2. The highest BCUT2D eigenvalue weighted by Gasteiger charge is 2.31. The zero-order chi connectivity index (χ0) is 14.8. The Bertz CT molecular complexity index is 627. The molecule has 2 rings (SSSR count). The second-order valence-corrected chi connectivity index (χ2v) is 3.68. The number of carbonyl (C=O) groups is 1. The van der Waals surface area contributed by atoms with Gasteiger partial charge in [-0.1, -0.05) is 12.1 Å². The lowest BCUT2D eigenvalue weighted by molar-refractivity contribution is -0.274. The number of carboxylic acid groups (broad SMARTS) is 1. The minimum absolute atomic E-state index is 0.0997. The van der Waals surface area contributed by atoms with Crippen molar-refractivity contribution < 1.29 is 27.8 Å². The highest BCUT2D eigenvalue weighted by molar-refractivity contribution is 5.86. The van der Waals surface area contributed by atoms with Gasteiger partial charge in [0.1, 0.15) is 5.75 Å². The molecule has 0 saturated carbocycles. The minimum Gasteiger partial charge on any atom is -0.478 e. The van der Waals surface area contributed by atoms with E-state index in [9.17, 15) is 18.0 Å². The molecular formula is C12H7F3N2O3. The molecule has 20 heavy (non-hydrogen) atoms. The first-order valence-electron chi connectivity index (χ1n) is 5.27. The third-order valence-corrected chi connectivity index (χ3v) is 2.22. The number of alkyl halides is 3. The van der Waals surface area contributed by atoms with E-state index in [2.05, 4.69) is 14.7 Å². The van der Waals surface area contributed by atoms with Crippen LogP contribution in [0.25, 0.3) is 11.4 Å². The summed E-state index contributed by atoms with van der Waals surface area (Å²) in [5.74, 6) is -1.49. The fraction of sp³-hybridized carbons (Fsp3) is 0.0833. The van der Waals surface area contributed by atoms with Crippen LogP contribution in [0.15, 0.2) is 36.7 Å². The monoisotopic (exact) mass is 284 g/mol. The van der Waals surface area contributed by atoms with E-state index in [4.69, 9.17) is 5.11 Å². The van der Waals surface area contributed by atoms with Crippen molar-refractivity contribution in [1.82, 2.24) is 9.97 Å². The molecule has 0 saturated heterocycles. The van der Waals surface area contributed by atoms with Crippen LogP contribution in [0, 0.1) is 0 Å². The van der Waals surface area contributed by atoms with E-state index in [1.54, 1.807) is 0 Å². The lowest BCUT2D eigenvalue weighted by Gasteiger charge is -2.09. The quantitative estimate of drug-likeness (QED) is 0.938. The lowest BCUT2D eigenvalue weighted by atomic mass is 10.2. The Hall–Kier alpha value is -2.64. The molecule has 1 N–H and O–H groups in total. The summed E-state index contributed by atoms with van der Waals surface area (Å²) in [5.41, 5.74) is 0.167. The van der Waals surface area contributed by atoms with Gasteiger partial charge in [-0.05, 0) is 12.1 Å². The topological polar surface area (TPSA) is 72.3 Å². The molecule has 0 aliphatic carbocycles. The molecule has 0 aliphatic heterocycles. The zero-order valence-corrected chi connectivity index (χ0v) is 9.76. The summed E-state index contributed by atoms with van der Waals surface area (Å²) in [6.45, 7) is 0. The molecule has 0 amide bonds. The van der Waals surface area contributed by atoms with Crippen molar-refractivity contribution in [2.45, 2.75) is 6.36 Å². The van der Waals surface area contributed by atoms with E-state index >= 15 is 0 Å². The van der Waals surface area contributed by atoms with Gasteiger partial charge in [0.15, 0.2) is 5.82 Å². The van der Waals surface area contributed by atoms with Gasteiger partial charge in [-0.25, -0.2) is 14.8 Å². The first-order chi connectivity index (χ1) is 9.35. The van der Waals surface area contributed by atoms with E-state index < -0.39 is 18.1 Å². The second kappa shape index (κ2) is 5.16. The van der Waals surface area contributed by atoms with Crippen LogP contribution >= 0.6 is 0 Å². The number of hydrogen-bond donors (Lipinski definition) is 1. The predicted octanol–water partition coefficient (Wildman–Crippen LogP) is 2.74. The molecule has 104 valence electrons. The molecule has 0 radical (unpaired) electrons. The first-order valence-corrected chi connectivity index (χ1v) is 5.27. The van der Waals surface area contributed by atoms with Crippen LogP contribution in [-0.4, -0.2) is 27.4 Å². The summed E-state index contributed by atoms with van der Waals surface area (Å²) in [7, 11) is 0. The Morgan fingerprint density at radius 3 is 2.40 bits per heavy atom. The fourth-order valence-corrected chi connectivity index (χ4v) is 1.42. The Morgan fingerprint density at radius 1 is 1.20 bits per heavy atom. The van der Waals surface area contributed by atoms with Crippen LogP contribution in [0.1, 0.15) is 10.4 Å². The number of hydrogen-bond acceptors (Lipinski definition) is 4. The van der Waals surface area contributed by atoms with Gasteiger partial charge in [0.05, 0.1) is 5.56 Å². The molecule has 1 aromatic carbocycles. The van der Waals surface area contributed by atoms with E-state index in [1.807, 2.05) is 0 Å². The first kappa shape index (κ1) is 13.8. The number of halogens is 3. The van der Waals surface area contributed by atoms with Crippen molar-refractivity contribution in [2.75, 3.05) is 0 Å². The van der Waals surface area contributed by atoms with Crippen LogP contribution in [-0.2, 0) is 0 Å². The molecule has 0 bridgehead atoms. The van der Waals surface area contributed by atoms with Crippen LogP contribution in [0.2, 0.25) is 0 Å². The van der Waals surface area contributed by atoms with Crippen molar-refractivity contribution in [1.29, 1.82) is 0 Å². The van der Waals surface area contributed by atoms with Crippen molar-refractivity contribution in [3.05, 3.63) is 42.2 Å². The number of aromatic carboxylic acids is 1. The molecule has 2 aromatic rings. The molecular weight excluding hydrogens is 277 g/mol. The number of carboxylic acids is 1. The molecule has 0 atom stereocenters. The number of benzene rings is 1. The van der Waals surface area contributed by atoms with Gasteiger partial charge < -0.3 is 9.84 Å². The van der Waals surface area contributed by atoms with Gasteiger partial charge in [-0.15, -0.1) is 13.2 Å². The normalized spacial score (nSPS) is 11.2. The Balaban J connectivity index is 2.28. The molecule has 0 aliphatic rings. The molecule has 8 heteroatoms. The molecule has 0 spiro atoms. The van der Waals surface area contributed by atoms with Crippen molar-refractivity contribution >= 4 is 5.97 Å². The van der Waals surface area contributed by atoms with Gasteiger partial charge >= 0.3 is 12.3 Å². The van der Waals surface area contributed by atoms with Gasteiger partial charge in [0.25, 0.3) is 0 Å². The zero-order valence-electron chi connectivity index (χ0n) is 9.76.